The van der Waals surface area contributed by atoms with E-state index in [1.54, 1.807) is 6.07 Å². The number of benzene rings is 1. The third-order valence-electron chi connectivity index (χ3n) is 3.07. The van der Waals surface area contributed by atoms with Crippen molar-refractivity contribution in [2.75, 3.05) is 0 Å². The van der Waals surface area contributed by atoms with Crippen LogP contribution in [0.2, 0.25) is 0 Å². The van der Waals surface area contributed by atoms with Gasteiger partial charge >= 0.3 is 5.97 Å². The van der Waals surface area contributed by atoms with Crippen molar-refractivity contribution < 1.29 is 14.9 Å². The Morgan fingerprint density at radius 3 is 2.50 bits per heavy atom. The first-order valence-corrected chi connectivity index (χ1v) is 6.40. The summed E-state index contributed by atoms with van der Waals surface area (Å²) in [5, 5.41) is 8.58. The SMILES string of the molecule is CCCCc1c(C(=O)OO)cccc1C(C)(C)C. The minimum Gasteiger partial charge on any atom is -0.295 e. The minimum absolute atomic E-state index is 0.0329. The molecule has 0 spiro atoms. The van der Waals surface area contributed by atoms with E-state index in [1.807, 2.05) is 12.1 Å². The molecule has 0 aliphatic rings. The molecule has 0 unspecified atom stereocenters. The fourth-order valence-electron chi connectivity index (χ4n) is 2.15. The second-order valence-electron chi connectivity index (χ2n) is 5.56. The van der Waals surface area contributed by atoms with Crippen molar-refractivity contribution in [3.63, 3.8) is 0 Å². The van der Waals surface area contributed by atoms with Crippen LogP contribution in [0.3, 0.4) is 0 Å². The second kappa shape index (κ2) is 6.01. The van der Waals surface area contributed by atoms with Gasteiger partial charge in [0, 0.05) is 0 Å². The Hall–Kier alpha value is -1.35. The highest BCUT2D eigenvalue weighted by Gasteiger charge is 2.22. The van der Waals surface area contributed by atoms with Gasteiger partial charge in [0.15, 0.2) is 0 Å². The Balaban J connectivity index is 3.30. The highest BCUT2D eigenvalue weighted by molar-refractivity contribution is 5.91. The van der Waals surface area contributed by atoms with E-state index in [0.717, 1.165) is 30.4 Å². The van der Waals surface area contributed by atoms with Crippen molar-refractivity contribution in [1.29, 1.82) is 0 Å². The lowest BCUT2D eigenvalue weighted by Gasteiger charge is -2.24. The molecule has 0 saturated heterocycles. The van der Waals surface area contributed by atoms with Gasteiger partial charge < -0.3 is 0 Å². The lowest BCUT2D eigenvalue weighted by molar-refractivity contribution is -0.182. The molecule has 0 atom stereocenters. The molecule has 0 heterocycles. The van der Waals surface area contributed by atoms with Crippen molar-refractivity contribution in [3.05, 3.63) is 34.9 Å². The molecular weight excluding hydrogens is 228 g/mol. The van der Waals surface area contributed by atoms with Crippen molar-refractivity contribution in [2.45, 2.75) is 52.4 Å². The van der Waals surface area contributed by atoms with Gasteiger partial charge in [0.05, 0.1) is 5.56 Å². The smallest absolute Gasteiger partial charge is 0.295 e. The number of hydrogen-bond acceptors (Lipinski definition) is 3. The Morgan fingerprint density at radius 1 is 1.33 bits per heavy atom. The monoisotopic (exact) mass is 250 g/mol. The third-order valence-corrected chi connectivity index (χ3v) is 3.07. The van der Waals surface area contributed by atoms with Crippen LogP contribution in [0.25, 0.3) is 0 Å². The van der Waals surface area contributed by atoms with Gasteiger partial charge in [-0.2, -0.15) is 5.26 Å². The van der Waals surface area contributed by atoms with Crippen LogP contribution in [-0.2, 0) is 16.7 Å². The van der Waals surface area contributed by atoms with Crippen LogP contribution in [0, 0.1) is 0 Å². The molecule has 0 saturated carbocycles. The molecule has 1 N–H and O–H groups in total. The highest BCUT2D eigenvalue weighted by Crippen LogP contribution is 2.29. The topological polar surface area (TPSA) is 46.5 Å². The van der Waals surface area contributed by atoms with Gasteiger partial charge in [-0.05, 0) is 35.4 Å². The Bertz CT molecular complexity index is 416. The largest absolute Gasteiger partial charge is 0.373 e. The molecule has 100 valence electrons. The molecule has 0 aliphatic heterocycles. The number of carbonyl (C=O) groups is 1. The summed E-state index contributed by atoms with van der Waals surface area (Å²) in [5.74, 6) is -0.674. The lowest BCUT2D eigenvalue weighted by atomic mass is 9.80. The average molecular weight is 250 g/mol. The molecule has 0 aliphatic carbocycles. The van der Waals surface area contributed by atoms with Crippen LogP contribution in [0.5, 0.6) is 0 Å². The second-order valence-corrected chi connectivity index (χ2v) is 5.56. The Labute approximate surface area is 109 Å². The van der Waals surface area contributed by atoms with Crippen molar-refractivity contribution in [3.8, 4) is 0 Å². The molecule has 1 rings (SSSR count). The van der Waals surface area contributed by atoms with Gasteiger partial charge in [-0.3, -0.25) is 4.89 Å². The first kappa shape index (κ1) is 14.7. The maximum atomic E-state index is 11.6. The predicted molar refractivity (Wildman–Crippen MR) is 71.8 cm³/mol. The summed E-state index contributed by atoms with van der Waals surface area (Å²) in [6.07, 6.45) is 2.90. The number of hydrogen-bond donors (Lipinski definition) is 1. The van der Waals surface area contributed by atoms with Crippen molar-refractivity contribution in [2.24, 2.45) is 0 Å². The van der Waals surface area contributed by atoms with Crippen LogP contribution < -0.4 is 0 Å². The van der Waals surface area contributed by atoms with Gasteiger partial charge in [-0.1, -0.05) is 46.2 Å². The first-order chi connectivity index (χ1) is 8.41. The zero-order chi connectivity index (χ0) is 13.8. The zero-order valence-electron chi connectivity index (χ0n) is 11.6. The summed E-state index contributed by atoms with van der Waals surface area (Å²) in [5.41, 5.74) is 2.57. The number of carbonyl (C=O) groups excluding carboxylic acids is 1. The summed E-state index contributed by atoms with van der Waals surface area (Å²) in [7, 11) is 0. The van der Waals surface area contributed by atoms with Crippen LogP contribution in [0.1, 0.15) is 62.0 Å². The summed E-state index contributed by atoms with van der Waals surface area (Å²) in [6, 6.07) is 5.58. The van der Waals surface area contributed by atoms with Gasteiger partial charge in [-0.25, -0.2) is 4.79 Å². The van der Waals surface area contributed by atoms with Crippen LogP contribution >= 0.6 is 0 Å². The molecule has 18 heavy (non-hydrogen) atoms. The van der Waals surface area contributed by atoms with Crippen LogP contribution in [0.4, 0.5) is 0 Å². The Kier molecular flexibility index (Phi) is 4.91. The number of rotatable bonds is 4. The van der Waals surface area contributed by atoms with E-state index in [0.29, 0.717) is 5.56 Å². The lowest BCUT2D eigenvalue weighted by Crippen LogP contribution is -2.18. The third kappa shape index (κ3) is 3.33. The fraction of sp³-hybridized carbons (Fsp3) is 0.533. The maximum absolute atomic E-state index is 11.6. The molecule has 0 bridgehead atoms. The molecule has 1 aromatic rings. The molecule has 3 nitrogen and oxygen atoms in total. The van der Waals surface area contributed by atoms with E-state index in [-0.39, 0.29) is 5.41 Å². The summed E-state index contributed by atoms with van der Waals surface area (Å²) in [6.45, 7) is 8.47. The average Bonchev–Trinajstić information content (AvgIpc) is 2.33. The van der Waals surface area contributed by atoms with E-state index in [9.17, 15) is 4.79 Å². The molecule has 0 amide bonds. The van der Waals surface area contributed by atoms with E-state index < -0.39 is 5.97 Å². The first-order valence-electron chi connectivity index (χ1n) is 6.40. The maximum Gasteiger partial charge on any atom is 0.373 e. The molecule has 0 aromatic heterocycles. The standard InChI is InChI=1S/C15H22O3/c1-5-6-8-11-12(14(16)18-17)9-7-10-13(11)15(2,3)4/h7,9-10,17H,5-6,8H2,1-4H3. The normalized spacial score (nSPS) is 11.4. The van der Waals surface area contributed by atoms with Gasteiger partial charge in [-0.15, -0.1) is 0 Å². The summed E-state index contributed by atoms with van der Waals surface area (Å²) >= 11 is 0. The zero-order valence-corrected chi connectivity index (χ0v) is 11.6. The van der Waals surface area contributed by atoms with E-state index in [2.05, 4.69) is 32.6 Å². The summed E-state index contributed by atoms with van der Waals surface area (Å²) in [4.78, 5) is 15.5. The molecule has 1 aromatic carbocycles. The quantitative estimate of drug-likeness (QED) is 0.650. The molecule has 3 heteroatoms. The Morgan fingerprint density at radius 2 is 2.00 bits per heavy atom. The van der Waals surface area contributed by atoms with E-state index >= 15 is 0 Å². The highest BCUT2D eigenvalue weighted by atomic mass is 17.1. The van der Waals surface area contributed by atoms with E-state index in [4.69, 9.17) is 5.26 Å². The molecule has 0 radical (unpaired) electrons. The summed E-state index contributed by atoms with van der Waals surface area (Å²) < 4.78 is 0. The minimum atomic E-state index is -0.674. The van der Waals surface area contributed by atoms with Crippen LogP contribution in [0.15, 0.2) is 18.2 Å². The van der Waals surface area contributed by atoms with Crippen molar-refractivity contribution in [1.82, 2.24) is 0 Å². The number of unbranched alkanes of at least 4 members (excludes halogenated alkanes) is 1. The van der Waals surface area contributed by atoms with Gasteiger partial charge in [0.2, 0.25) is 0 Å². The predicted octanol–water partition coefficient (Wildman–Crippen LogP) is 3.96. The van der Waals surface area contributed by atoms with Crippen molar-refractivity contribution >= 4 is 5.97 Å². The molecule has 0 fully saturated rings. The molecular formula is C15H22O3. The van der Waals surface area contributed by atoms with Gasteiger partial charge in [0.1, 0.15) is 0 Å². The fourth-order valence-corrected chi connectivity index (χ4v) is 2.15. The van der Waals surface area contributed by atoms with Gasteiger partial charge in [0.25, 0.3) is 0 Å². The van der Waals surface area contributed by atoms with E-state index in [1.165, 1.54) is 0 Å². The van der Waals surface area contributed by atoms with Crippen LogP contribution in [-0.4, -0.2) is 11.2 Å².